The predicted molar refractivity (Wildman–Crippen MR) is 108 cm³/mol. The number of rotatable bonds is 4. The van der Waals surface area contributed by atoms with Crippen molar-refractivity contribution in [3.05, 3.63) is 59.1 Å². The second-order valence-corrected chi connectivity index (χ2v) is 7.19. The number of aromatic nitrogens is 2. The molecule has 0 spiro atoms. The van der Waals surface area contributed by atoms with Crippen LogP contribution in [0.15, 0.2) is 48.0 Å². The third kappa shape index (κ3) is 3.99. The highest BCUT2D eigenvalue weighted by molar-refractivity contribution is 7.14. The van der Waals surface area contributed by atoms with Crippen LogP contribution in [0.2, 0.25) is 0 Å². The molecule has 7 heteroatoms. The number of aryl methyl sites for hydroxylation is 1. The molecule has 3 aromatic rings. The second kappa shape index (κ2) is 7.85. The Morgan fingerprint density at radius 1 is 1.19 bits per heavy atom. The van der Waals surface area contributed by atoms with E-state index in [1.165, 1.54) is 16.9 Å². The van der Waals surface area contributed by atoms with Crippen molar-refractivity contribution in [2.75, 3.05) is 36.5 Å². The van der Waals surface area contributed by atoms with E-state index in [1.807, 2.05) is 17.5 Å². The lowest BCUT2D eigenvalue weighted by atomic mass is 10.1. The van der Waals surface area contributed by atoms with Crippen LogP contribution < -0.4 is 10.2 Å². The number of carbonyl (C=O) groups excluding carboxylic acids is 1. The van der Waals surface area contributed by atoms with Crippen LogP contribution in [0.5, 0.6) is 0 Å². The Morgan fingerprint density at radius 3 is 2.74 bits per heavy atom. The van der Waals surface area contributed by atoms with Crippen molar-refractivity contribution in [1.82, 2.24) is 9.97 Å². The van der Waals surface area contributed by atoms with Crippen LogP contribution in [0, 0.1) is 6.92 Å². The number of carbonyl (C=O) groups is 1. The number of hydrogen-bond acceptors (Lipinski definition) is 6. The summed E-state index contributed by atoms with van der Waals surface area (Å²) in [6, 6.07) is 11.7. The Morgan fingerprint density at radius 2 is 1.96 bits per heavy atom. The Bertz CT molecular complexity index is 933. The van der Waals surface area contributed by atoms with Gasteiger partial charge in [-0.1, -0.05) is 29.8 Å². The summed E-state index contributed by atoms with van der Waals surface area (Å²) in [7, 11) is 0. The quantitative estimate of drug-likeness (QED) is 0.749. The van der Waals surface area contributed by atoms with E-state index in [0.717, 1.165) is 24.3 Å². The van der Waals surface area contributed by atoms with Crippen molar-refractivity contribution in [2.45, 2.75) is 6.92 Å². The van der Waals surface area contributed by atoms with E-state index in [-0.39, 0.29) is 5.91 Å². The van der Waals surface area contributed by atoms with Crippen LogP contribution in [0.4, 0.5) is 10.9 Å². The maximum absolute atomic E-state index is 12.8. The zero-order valence-corrected chi connectivity index (χ0v) is 15.8. The third-order valence-corrected chi connectivity index (χ3v) is 5.17. The third-order valence-electron chi connectivity index (χ3n) is 4.41. The molecule has 27 heavy (non-hydrogen) atoms. The predicted octanol–water partition coefficient (Wildman–Crippen LogP) is 3.60. The van der Waals surface area contributed by atoms with Crippen molar-refractivity contribution in [3.63, 3.8) is 0 Å². The van der Waals surface area contributed by atoms with Gasteiger partial charge < -0.3 is 9.64 Å². The molecule has 6 nitrogen and oxygen atoms in total. The van der Waals surface area contributed by atoms with Crippen molar-refractivity contribution in [1.29, 1.82) is 0 Å². The number of morpholine rings is 1. The summed E-state index contributed by atoms with van der Waals surface area (Å²) in [5.41, 5.74) is 3.64. The Labute approximate surface area is 161 Å². The standard InChI is InChI=1S/C20H20N4O2S/c1-14-4-6-15(7-5-14)17-13-27-20(22-17)23-19(25)16-3-2-8-21-18(16)24-9-11-26-12-10-24/h2-8,13H,9-12H2,1H3,(H,22,23,25). The Kier molecular flexibility index (Phi) is 5.13. The molecule has 0 aliphatic carbocycles. The van der Waals surface area contributed by atoms with Crippen LogP contribution in [0.25, 0.3) is 11.3 Å². The molecule has 1 aliphatic heterocycles. The second-order valence-electron chi connectivity index (χ2n) is 6.33. The minimum atomic E-state index is -0.200. The van der Waals surface area contributed by atoms with Gasteiger partial charge in [0.25, 0.3) is 5.91 Å². The van der Waals surface area contributed by atoms with Crippen molar-refractivity contribution in [2.24, 2.45) is 0 Å². The van der Waals surface area contributed by atoms with Gasteiger partial charge in [0.05, 0.1) is 24.5 Å². The monoisotopic (exact) mass is 380 g/mol. The highest BCUT2D eigenvalue weighted by Crippen LogP contribution is 2.26. The Balaban J connectivity index is 1.52. The average Bonchev–Trinajstić information content (AvgIpc) is 3.17. The highest BCUT2D eigenvalue weighted by Gasteiger charge is 2.20. The fraction of sp³-hybridized carbons (Fsp3) is 0.250. The summed E-state index contributed by atoms with van der Waals surface area (Å²) >= 11 is 1.42. The van der Waals surface area contributed by atoms with Gasteiger partial charge in [-0.05, 0) is 19.1 Å². The molecule has 1 fully saturated rings. The molecule has 0 saturated carbocycles. The van der Waals surface area contributed by atoms with Crippen LogP contribution in [-0.4, -0.2) is 42.2 Å². The SMILES string of the molecule is Cc1ccc(-c2csc(NC(=O)c3cccnc3N3CCOCC3)n2)cc1. The Hall–Kier alpha value is -2.77. The number of pyridine rings is 1. The fourth-order valence-corrected chi connectivity index (χ4v) is 3.67. The van der Waals surface area contributed by atoms with Crippen LogP contribution in [0.1, 0.15) is 15.9 Å². The first-order chi connectivity index (χ1) is 13.2. The average molecular weight is 380 g/mol. The normalized spacial score (nSPS) is 14.2. The first-order valence-corrected chi connectivity index (χ1v) is 9.70. The number of benzene rings is 1. The highest BCUT2D eigenvalue weighted by atomic mass is 32.1. The largest absolute Gasteiger partial charge is 0.378 e. The zero-order valence-electron chi connectivity index (χ0n) is 15.0. The zero-order chi connectivity index (χ0) is 18.6. The molecule has 1 N–H and O–H groups in total. The molecule has 2 aromatic heterocycles. The number of nitrogens with zero attached hydrogens (tertiary/aromatic N) is 3. The van der Waals surface area contributed by atoms with Gasteiger partial charge in [-0.25, -0.2) is 9.97 Å². The smallest absolute Gasteiger partial charge is 0.261 e. The van der Waals surface area contributed by atoms with Gasteiger partial charge >= 0.3 is 0 Å². The molecular formula is C20H20N4O2S. The summed E-state index contributed by atoms with van der Waals surface area (Å²) < 4.78 is 5.39. The molecule has 1 amide bonds. The topological polar surface area (TPSA) is 67.4 Å². The molecule has 138 valence electrons. The molecule has 0 atom stereocenters. The fourth-order valence-electron chi connectivity index (χ4n) is 2.95. The van der Waals surface area contributed by atoms with Gasteiger partial charge in [0.1, 0.15) is 5.82 Å². The number of anilines is 2. The lowest BCUT2D eigenvalue weighted by Gasteiger charge is -2.29. The maximum Gasteiger partial charge on any atom is 0.261 e. The van der Waals surface area contributed by atoms with Gasteiger partial charge in [0, 0.05) is 30.2 Å². The molecule has 4 rings (SSSR count). The minimum Gasteiger partial charge on any atom is -0.378 e. The van der Waals surface area contributed by atoms with E-state index >= 15 is 0 Å². The first kappa shape index (κ1) is 17.6. The van der Waals surface area contributed by atoms with Gasteiger partial charge in [-0.3, -0.25) is 10.1 Å². The number of ether oxygens (including phenoxy) is 1. The number of amides is 1. The van der Waals surface area contributed by atoms with Crippen LogP contribution >= 0.6 is 11.3 Å². The van der Waals surface area contributed by atoms with Crippen molar-refractivity contribution >= 4 is 28.2 Å². The van der Waals surface area contributed by atoms with Gasteiger partial charge in [0.2, 0.25) is 0 Å². The lowest BCUT2D eigenvalue weighted by molar-refractivity contribution is 0.102. The number of hydrogen-bond donors (Lipinski definition) is 1. The molecule has 1 aliphatic rings. The van der Waals surface area contributed by atoms with Crippen molar-refractivity contribution < 1.29 is 9.53 Å². The summed E-state index contributed by atoms with van der Waals surface area (Å²) in [5.74, 6) is 0.489. The number of nitrogens with one attached hydrogen (secondary N) is 1. The van der Waals surface area contributed by atoms with Gasteiger partial charge in [-0.15, -0.1) is 11.3 Å². The summed E-state index contributed by atoms with van der Waals surface area (Å²) in [4.78, 5) is 23.9. The van der Waals surface area contributed by atoms with Gasteiger partial charge in [-0.2, -0.15) is 0 Å². The van der Waals surface area contributed by atoms with E-state index in [9.17, 15) is 4.79 Å². The van der Waals surface area contributed by atoms with Crippen LogP contribution in [-0.2, 0) is 4.74 Å². The molecular weight excluding hydrogens is 360 g/mol. The summed E-state index contributed by atoms with van der Waals surface area (Å²) in [5, 5.41) is 5.44. The first-order valence-electron chi connectivity index (χ1n) is 8.82. The summed E-state index contributed by atoms with van der Waals surface area (Å²) in [6.45, 7) is 4.79. The molecule has 1 aromatic carbocycles. The van der Waals surface area contributed by atoms with E-state index in [0.29, 0.717) is 29.7 Å². The molecule has 0 bridgehead atoms. The minimum absolute atomic E-state index is 0.200. The van der Waals surface area contributed by atoms with E-state index in [2.05, 4.69) is 39.2 Å². The maximum atomic E-state index is 12.8. The van der Waals surface area contributed by atoms with Gasteiger partial charge in [0.15, 0.2) is 5.13 Å². The van der Waals surface area contributed by atoms with Crippen LogP contribution in [0.3, 0.4) is 0 Å². The molecule has 0 radical (unpaired) electrons. The number of thiazole rings is 1. The summed E-state index contributed by atoms with van der Waals surface area (Å²) in [6.07, 6.45) is 1.71. The van der Waals surface area contributed by atoms with Crippen molar-refractivity contribution in [3.8, 4) is 11.3 Å². The van der Waals surface area contributed by atoms with E-state index in [4.69, 9.17) is 4.74 Å². The molecule has 1 saturated heterocycles. The lowest BCUT2D eigenvalue weighted by Crippen LogP contribution is -2.38. The van der Waals surface area contributed by atoms with E-state index in [1.54, 1.807) is 18.3 Å². The van der Waals surface area contributed by atoms with E-state index < -0.39 is 0 Å². The molecule has 0 unspecified atom stereocenters. The molecule has 3 heterocycles.